The zero-order valence-corrected chi connectivity index (χ0v) is 18.7. The third-order valence-electron chi connectivity index (χ3n) is 5.19. The Morgan fingerprint density at radius 1 is 0.781 bits per heavy atom. The number of hydrogen-bond donors (Lipinski definition) is 0. The van der Waals surface area contributed by atoms with E-state index in [9.17, 15) is 9.59 Å². The van der Waals surface area contributed by atoms with E-state index >= 15 is 0 Å². The lowest BCUT2D eigenvalue weighted by Crippen LogP contribution is -2.29. The molecule has 32 heavy (non-hydrogen) atoms. The molecule has 3 aromatic rings. The van der Waals surface area contributed by atoms with Crippen molar-refractivity contribution in [3.8, 4) is 17.2 Å². The van der Waals surface area contributed by atoms with E-state index in [1.165, 1.54) is 6.92 Å². The van der Waals surface area contributed by atoms with Gasteiger partial charge >= 0.3 is 5.97 Å². The van der Waals surface area contributed by atoms with E-state index in [1.807, 2.05) is 74.4 Å². The van der Waals surface area contributed by atoms with Gasteiger partial charge in [0.15, 0.2) is 11.5 Å². The van der Waals surface area contributed by atoms with Crippen LogP contribution >= 0.6 is 0 Å². The van der Waals surface area contributed by atoms with Crippen molar-refractivity contribution in [3.63, 3.8) is 0 Å². The van der Waals surface area contributed by atoms with Gasteiger partial charge in [0.05, 0.1) is 11.4 Å². The Morgan fingerprint density at radius 2 is 1.28 bits per heavy atom. The van der Waals surface area contributed by atoms with Crippen LogP contribution in [0.1, 0.15) is 17.3 Å². The Bertz CT molecular complexity index is 1130. The maximum atomic E-state index is 13.6. The number of carbonyl (C=O) groups excluding carboxylic acids is 2. The number of anilines is 4. The Balaban J connectivity index is 1.80. The second-order valence-electron chi connectivity index (χ2n) is 7.95. The van der Waals surface area contributed by atoms with Crippen molar-refractivity contribution in [3.05, 3.63) is 66.2 Å². The topological polar surface area (TPSA) is 62.3 Å². The lowest BCUT2D eigenvalue weighted by Gasteiger charge is -2.32. The van der Waals surface area contributed by atoms with Crippen molar-refractivity contribution in [1.29, 1.82) is 0 Å². The van der Waals surface area contributed by atoms with E-state index in [-0.39, 0.29) is 5.91 Å². The lowest BCUT2D eigenvalue weighted by molar-refractivity contribution is -0.131. The Hall–Kier alpha value is -4.00. The standard InChI is InChI=1S/C25H25N3O4/c1-16(29)31-20-10-6-17(7-11-20)25(30)28-21-12-8-18(26(2)3)14-23(21)32-24-15-19(27(4)5)9-13-22(24)28/h6-15H,1-5H3. The summed E-state index contributed by atoms with van der Waals surface area (Å²) in [4.78, 5) is 30.4. The maximum Gasteiger partial charge on any atom is 0.308 e. The normalized spacial score (nSPS) is 11.7. The minimum absolute atomic E-state index is 0.208. The first-order valence-corrected chi connectivity index (χ1v) is 10.2. The van der Waals surface area contributed by atoms with Gasteiger partial charge in [0.2, 0.25) is 0 Å². The number of benzene rings is 3. The van der Waals surface area contributed by atoms with Crippen LogP contribution in [0.25, 0.3) is 0 Å². The molecule has 7 heteroatoms. The van der Waals surface area contributed by atoms with Gasteiger partial charge in [-0.25, -0.2) is 0 Å². The average Bonchev–Trinajstić information content (AvgIpc) is 2.76. The molecule has 0 saturated heterocycles. The summed E-state index contributed by atoms with van der Waals surface area (Å²) in [5.41, 5.74) is 3.72. The van der Waals surface area contributed by atoms with Crippen molar-refractivity contribution in [2.24, 2.45) is 0 Å². The third kappa shape index (κ3) is 3.97. The molecule has 4 rings (SSSR count). The summed E-state index contributed by atoms with van der Waals surface area (Å²) in [5, 5.41) is 0. The van der Waals surface area contributed by atoms with Gasteiger partial charge in [0.1, 0.15) is 5.75 Å². The van der Waals surface area contributed by atoms with Crippen molar-refractivity contribution < 1.29 is 19.1 Å². The molecule has 0 aromatic heterocycles. The summed E-state index contributed by atoms with van der Waals surface area (Å²) < 4.78 is 11.3. The predicted octanol–water partition coefficient (Wildman–Crippen LogP) is 4.83. The van der Waals surface area contributed by atoms with E-state index in [0.29, 0.717) is 34.2 Å². The van der Waals surface area contributed by atoms with E-state index < -0.39 is 5.97 Å². The fraction of sp³-hybridized carbons (Fsp3) is 0.200. The Labute approximate surface area is 187 Å². The first-order valence-electron chi connectivity index (χ1n) is 10.2. The van der Waals surface area contributed by atoms with Crippen LogP contribution in [0, 0.1) is 0 Å². The summed E-state index contributed by atoms with van der Waals surface area (Å²) in [6.07, 6.45) is 0. The number of amides is 1. The molecule has 1 aliphatic heterocycles. The number of rotatable bonds is 4. The molecule has 0 radical (unpaired) electrons. The van der Waals surface area contributed by atoms with Crippen LogP contribution < -0.4 is 24.2 Å². The van der Waals surface area contributed by atoms with Crippen LogP contribution in [0.15, 0.2) is 60.7 Å². The highest BCUT2D eigenvalue weighted by Crippen LogP contribution is 2.49. The SMILES string of the molecule is CC(=O)Oc1ccc(C(=O)N2c3ccc(N(C)C)cc3Oc3cc(N(C)C)ccc32)cc1. The lowest BCUT2D eigenvalue weighted by atomic mass is 10.1. The summed E-state index contributed by atoms with van der Waals surface area (Å²) in [6, 6.07) is 18.0. The van der Waals surface area contributed by atoms with Crippen molar-refractivity contribution in [1.82, 2.24) is 0 Å². The van der Waals surface area contributed by atoms with Crippen LogP contribution in [-0.2, 0) is 4.79 Å². The smallest absolute Gasteiger partial charge is 0.308 e. The monoisotopic (exact) mass is 431 g/mol. The largest absolute Gasteiger partial charge is 0.453 e. The first kappa shape index (κ1) is 21.2. The van der Waals surface area contributed by atoms with Crippen LogP contribution in [0.2, 0.25) is 0 Å². The van der Waals surface area contributed by atoms with Gasteiger partial charge in [-0.05, 0) is 48.5 Å². The van der Waals surface area contributed by atoms with Gasteiger partial charge in [-0.3, -0.25) is 14.5 Å². The minimum atomic E-state index is -0.409. The highest BCUT2D eigenvalue weighted by molar-refractivity contribution is 6.13. The third-order valence-corrected chi connectivity index (χ3v) is 5.19. The fourth-order valence-corrected chi connectivity index (χ4v) is 3.52. The van der Waals surface area contributed by atoms with Crippen molar-refractivity contribution >= 4 is 34.6 Å². The number of nitrogens with zero attached hydrogens (tertiary/aromatic N) is 3. The second-order valence-corrected chi connectivity index (χ2v) is 7.95. The highest BCUT2D eigenvalue weighted by Gasteiger charge is 2.31. The molecule has 3 aromatic carbocycles. The van der Waals surface area contributed by atoms with Gasteiger partial charge in [-0.2, -0.15) is 0 Å². The van der Waals surface area contributed by atoms with Crippen LogP contribution in [-0.4, -0.2) is 40.1 Å². The molecule has 0 bridgehead atoms. The van der Waals surface area contributed by atoms with Crippen molar-refractivity contribution in [2.75, 3.05) is 42.9 Å². The van der Waals surface area contributed by atoms with Crippen LogP contribution in [0.4, 0.5) is 22.7 Å². The zero-order chi connectivity index (χ0) is 23.0. The quantitative estimate of drug-likeness (QED) is 0.436. The Morgan fingerprint density at radius 3 is 1.72 bits per heavy atom. The molecule has 0 N–H and O–H groups in total. The summed E-state index contributed by atoms with van der Waals surface area (Å²) in [7, 11) is 7.82. The van der Waals surface area contributed by atoms with E-state index in [2.05, 4.69) is 0 Å². The van der Waals surface area contributed by atoms with Crippen molar-refractivity contribution in [2.45, 2.75) is 6.92 Å². The fourth-order valence-electron chi connectivity index (χ4n) is 3.52. The van der Waals surface area contributed by atoms with Gasteiger partial charge in [-0.15, -0.1) is 0 Å². The second kappa shape index (κ2) is 8.26. The number of esters is 1. The molecule has 0 unspecified atom stereocenters. The number of carbonyl (C=O) groups is 2. The molecule has 1 heterocycles. The molecule has 0 aliphatic carbocycles. The highest BCUT2D eigenvalue weighted by atomic mass is 16.5. The molecule has 7 nitrogen and oxygen atoms in total. The summed E-state index contributed by atoms with van der Waals surface area (Å²) >= 11 is 0. The predicted molar refractivity (Wildman–Crippen MR) is 126 cm³/mol. The van der Waals surface area contributed by atoms with E-state index in [4.69, 9.17) is 9.47 Å². The average molecular weight is 431 g/mol. The first-order chi connectivity index (χ1) is 15.2. The molecule has 0 atom stereocenters. The molecular weight excluding hydrogens is 406 g/mol. The summed E-state index contributed by atoms with van der Waals surface area (Å²) in [5.74, 6) is 0.978. The van der Waals surface area contributed by atoms with Gasteiger partial charge in [0, 0.05) is 64.2 Å². The minimum Gasteiger partial charge on any atom is -0.453 e. The molecular formula is C25H25N3O4. The zero-order valence-electron chi connectivity index (χ0n) is 18.7. The molecule has 164 valence electrons. The number of ether oxygens (including phenoxy) is 2. The van der Waals surface area contributed by atoms with Crippen LogP contribution in [0.3, 0.4) is 0 Å². The summed E-state index contributed by atoms with van der Waals surface area (Å²) in [6.45, 7) is 1.34. The molecule has 1 aliphatic rings. The van der Waals surface area contributed by atoms with E-state index in [0.717, 1.165) is 11.4 Å². The molecule has 0 saturated carbocycles. The molecule has 0 spiro atoms. The maximum absolute atomic E-state index is 13.6. The number of hydrogen-bond acceptors (Lipinski definition) is 6. The Kier molecular flexibility index (Phi) is 5.48. The molecule has 0 fully saturated rings. The van der Waals surface area contributed by atoms with Gasteiger partial charge < -0.3 is 19.3 Å². The van der Waals surface area contributed by atoms with Crippen LogP contribution in [0.5, 0.6) is 17.2 Å². The number of fused-ring (bicyclic) bond motifs is 2. The van der Waals surface area contributed by atoms with E-state index in [1.54, 1.807) is 29.2 Å². The molecule has 1 amide bonds. The van der Waals surface area contributed by atoms with Gasteiger partial charge in [0.25, 0.3) is 5.91 Å². The van der Waals surface area contributed by atoms with Gasteiger partial charge in [-0.1, -0.05) is 0 Å².